The van der Waals surface area contributed by atoms with Crippen molar-refractivity contribution in [3.63, 3.8) is 0 Å². The third-order valence-corrected chi connectivity index (χ3v) is 6.28. The summed E-state index contributed by atoms with van der Waals surface area (Å²) in [6.07, 6.45) is 3.36. The summed E-state index contributed by atoms with van der Waals surface area (Å²) in [5, 5.41) is 9.31. The van der Waals surface area contributed by atoms with Gasteiger partial charge in [0.2, 0.25) is 12.7 Å². The average Bonchev–Trinajstić information content (AvgIpc) is 3.25. The van der Waals surface area contributed by atoms with Gasteiger partial charge in [0, 0.05) is 24.7 Å². The van der Waals surface area contributed by atoms with E-state index in [1.807, 2.05) is 34.7 Å². The molecule has 1 saturated heterocycles. The van der Waals surface area contributed by atoms with E-state index in [2.05, 4.69) is 24.0 Å². The molecule has 0 saturated carbocycles. The molecule has 0 bridgehead atoms. The van der Waals surface area contributed by atoms with Crippen molar-refractivity contribution in [2.45, 2.75) is 50.4 Å². The van der Waals surface area contributed by atoms with Gasteiger partial charge in [-0.1, -0.05) is 11.8 Å². The van der Waals surface area contributed by atoms with Gasteiger partial charge in [-0.25, -0.2) is 0 Å². The smallest absolute Gasteiger partial charge is 0.233 e. The molecule has 2 aromatic rings. The van der Waals surface area contributed by atoms with Crippen LogP contribution in [-0.2, 0) is 11.8 Å². The summed E-state index contributed by atoms with van der Waals surface area (Å²) in [4.78, 5) is 14.8. The van der Waals surface area contributed by atoms with Crippen molar-refractivity contribution in [2.24, 2.45) is 7.05 Å². The van der Waals surface area contributed by atoms with Crippen LogP contribution in [0.15, 0.2) is 23.4 Å². The predicted octanol–water partition coefficient (Wildman–Crippen LogP) is 3.09. The van der Waals surface area contributed by atoms with E-state index in [0.717, 1.165) is 35.1 Å². The van der Waals surface area contributed by atoms with E-state index in [1.54, 1.807) is 0 Å². The van der Waals surface area contributed by atoms with Crippen molar-refractivity contribution >= 4 is 17.7 Å². The number of ether oxygens (including phenoxy) is 2. The lowest BCUT2D eigenvalue weighted by Gasteiger charge is -2.39. The first kappa shape index (κ1) is 18.2. The number of hydrogen-bond donors (Lipinski definition) is 0. The van der Waals surface area contributed by atoms with Crippen LogP contribution in [0.3, 0.4) is 0 Å². The molecule has 2 aliphatic heterocycles. The molecule has 0 spiro atoms. The standard InChI is InChI=1S/C19H24N4O3S/c1-12-5-4-6-13(2)23(12)17(24)10-27-19-21-20-18(22(19)3)14-7-8-15-16(9-14)26-11-25-15/h7-9,12-13H,4-6,10-11H2,1-3H3/t12-,13-/m0/s1. The molecule has 0 N–H and O–H groups in total. The highest BCUT2D eigenvalue weighted by atomic mass is 32.2. The number of aromatic nitrogens is 3. The highest BCUT2D eigenvalue weighted by Crippen LogP contribution is 2.36. The molecule has 4 rings (SSSR count). The molecular weight excluding hydrogens is 364 g/mol. The predicted molar refractivity (Wildman–Crippen MR) is 103 cm³/mol. The molecule has 0 radical (unpaired) electrons. The van der Waals surface area contributed by atoms with E-state index in [1.165, 1.54) is 18.2 Å². The van der Waals surface area contributed by atoms with Gasteiger partial charge >= 0.3 is 0 Å². The first-order chi connectivity index (χ1) is 13.0. The fourth-order valence-electron chi connectivity index (χ4n) is 3.84. The maximum Gasteiger partial charge on any atom is 0.233 e. The van der Waals surface area contributed by atoms with Crippen LogP contribution in [0.4, 0.5) is 0 Å². The highest BCUT2D eigenvalue weighted by Gasteiger charge is 2.29. The fraction of sp³-hybridized carbons (Fsp3) is 0.526. The topological polar surface area (TPSA) is 69.5 Å². The number of thioether (sulfide) groups is 1. The van der Waals surface area contributed by atoms with Gasteiger partial charge in [0.1, 0.15) is 0 Å². The van der Waals surface area contributed by atoms with Crippen LogP contribution in [0.5, 0.6) is 11.5 Å². The monoisotopic (exact) mass is 388 g/mol. The number of likely N-dealkylation sites (tertiary alicyclic amines) is 1. The molecule has 27 heavy (non-hydrogen) atoms. The summed E-state index contributed by atoms with van der Waals surface area (Å²) < 4.78 is 12.7. The largest absolute Gasteiger partial charge is 0.454 e. The Hall–Kier alpha value is -2.22. The second kappa shape index (κ2) is 7.42. The lowest BCUT2D eigenvalue weighted by atomic mass is 9.98. The van der Waals surface area contributed by atoms with E-state index in [9.17, 15) is 4.79 Å². The summed E-state index contributed by atoms with van der Waals surface area (Å²) in [7, 11) is 1.92. The maximum absolute atomic E-state index is 12.7. The molecule has 8 heteroatoms. The average molecular weight is 388 g/mol. The first-order valence-corrected chi connectivity index (χ1v) is 10.3. The van der Waals surface area contributed by atoms with Crippen molar-refractivity contribution in [1.29, 1.82) is 0 Å². The number of rotatable bonds is 4. The lowest BCUT2D eigenvalue weighted by molar-refractivity contribution is -0.134. The van der Waals surface area contributed by atoms with Gasteiger partial charge in [0.25, 0.3) is 0 Å². The molecule has 1 fully saturated rings. The van der Waals surface area contributed by atoms with E-state index in [-0.39, 0.29) is 12.7 Å². The van der Waals surface area contributed by atoms with Gasteiger partial charge in [0.15, 0.2) is 22.5 Å². The second-order valence-electron chi connectivity index (χ2n) is 7.15. The molecule has 144 valence electrons. The Labute approximate surface area is 163 Å². The fourth-order valence-corrected chi connectivity index (χ4v) is 4.62. The quantitative estimate of drug-likeness (QED) is 0.750. The Bertz CT molecular complexity index is 843. The van der Waals surface area contributed by atoms with Gasteiger partial charge in [-0.15, -0.1) is 10.2 Å². The number of carbonyl (C=O) groups excluding carboxylic acids is 1. The first-order valence-electron chi connectivity index (χ1n) is 9.28. The Morgan fingerprint density at radius 3 is 2.70 bits per heavy atom. The number of carbonyl (C=O) groups is 1. The lowest BCUT2D eigenvalue weighted by Crippen LogP contribution is -2.48. The van der Waals surface area contributed by atoms with Gasteiger partial charge in [-0.3, -0.25) is 4.79 Å². The summed E-state index contributed by atoms with van der Waals surface area (Å²) in [6, 6.07) is 6.34. The second-order valence-corrected chi connectivity index (χ2v) is 8.09. The van der Waals surface area contributed by atoms with E-state index in [0.29, 0.717) is 23.6 Å². The molecule has 2 atom stereocenters. The van der Waals surface area contributed by atoms with E-state index in [4.69, 9.17) is 9.47 Å². The van der Waals surface area contributed by atoms with Crippen LogP contribution in [0.1, 0.15) is 33.1 Å². The zero-order valence-corrected chi connectivity index (χ0v) is 16.7. The normalized spacial score (nSPS) is 21.5. The van der Waals surface area contributed by atoms with Crippen LogP contribution in [0.25, 0.3) is 11.4 Å². The summed E-state index contributed by atoms with van der Waals surface area (Å²) in [6.45, 7) is 4.52. The Balaban J connectivity index is 1.46. The molecule has 0 aliphatic carbocycles. The number of fused-ring (bicyclic) bond motifs is 1. The van der Waals surface area contributed by atoms with Crippen molar-refractivity contribution in [3.8, 4) is 22.9 Å². The minimum absolute atomic E-state index is 0.173. The van der Waals surface area contributed by atoms with Gasteiger partial charge in [0.05, 0.1) is 5.75 Å². The molecule has 1 amide bonds. The summed E-state index contributed by atoms with van der Waals surface area (Å²) >= 11 is 1.44. The van der Waals surface area contributed by atoms with Gasteiger partial charge in [-0.05, 0) is 51.3 Å². The molecule has 1 aromatic heterocycles. The Morgan fingerprint density at radius 1 is 1.19 bits per heavy atom. The van der Waals surface area contributed by atoms with E-state index >= 15 is 0 Å². The highest BCUT2D eigenvalue weighted by molar-refractivity contribution is 7.99. The van der Waals surface area contributed by atoms with Crippen LogP contribution < -0.4 is 9.47 Å². The van der Waals surface area contributed by atoms with Crippen molar-refractivity contribution < 1.29 is 14.3 Å². The van der Waals surface area contributed by atoms with Gasteiger partial charge < -0.3 is 18.9 Å². The SMILES string of the molecule is C[C@H]1CCC[C@H](C)N1C(=O)CSc1nnc(-c2ccc3c(c2)OCO3)n1C. The summed E-state index contributed by atoms with van der Waals surface area (Å²) in [5.74, 6) is 2.75. The molecule has 3 heterocycles. The maximum atomic E-state index is 12.7. The number of piperidine rings is 1. The third-order valence-electron chi connectivity index (χ3n) is 5.27. The minimum Gasteiger partial charge on any atom is -0.454 e. The zero-order chi connectivity index (χ0) is 19.0. The van der Waals surface area contributed by atoms with Gasteiger partial charge in [-0.2, -0.15) is 0 Å². The minimum atomic E-state index is 0.173. The van der Waals surface area contributed by atoms with Crippen LogP contribution >= 0.6 is 11.8 Å². The van der Waals surface area contributed by atoms with Crippen molar-refractivity contribution in [3.05, 3.63) is 18.2 Å². The number of hydrogen-bond acceptors (Lipinski definition) is 6. The Morgan fingerprint density at radius 2 is 1.93 bits per heavy atom. The number of benzene rings is 1. The Kier molecular flexibility index (Phi) is 4.99. The van der Waals surface area contributed by atoms with Crippen LogP contribution in [0.2, 0.25) is 0 Å². The molecule has 7 nitrogen and oxygen atoms in total. The number of nitrogens with zero attached hydrogens (tertiary/aromatic N) is 4. The van der Waals surface area contributed by atoms with Crippen LogP contribution in [-0.4, -0.2) is 50.2 Å². The van der Waals surface area contributed by atoms with Crippen molar-refractivity contribution in [2.75, 3.05) is 12.5 Å². The van der Waals surface area contributed by atoms with Crippen LogP contribution in [0, 0.1) is 0 Å². The zero-order valence-electron chi connectivity index (χ0n) is 15.8. The summed E-state index contributed by atoms with van der Waals surface area (Å²) in [5.41, 5.74) is 0.908. The molecule has 1 aromatic carbocycles. The number of amides is 1. The third kappa shape index (κ3) is 3.50. The van der Waals surface area contributed by atoms with Crippen molar-refractivity contribution in [1.82, 2.24) is 19.7 Å². The molecular formula is C19H24N4O3S. The molecule has 0 unspecified atom stereocenters. The molecule has 2 aliphatic rings. The van der Waals surface area contributed by atoms with E-state index < -0.39 is 0 Å².